The molecule has 132 valence electrons. The standard InChI is InChI=1S/C21H27N3S/c1-21(2)14-17(24-11-5-6-12-24)13-20(25-21)22-10-9-16-15-23-19-8-4-3-7-18(16)19/h3-4,7-8,13,15,23H,5-6,9-12,14H2,1-2H3/b22-20+. The van der Waals surface area contributed by atoms with Crippen molar-refractivity contribution in [1.82, 2.24) is 9.88 Å². The summed E-state index contributed by atoms with van der Waals surface area (Å²) in [4.78, 5) is 10.9. The summed E-state index contributed by atoms with van der Waals surface area (Å²) in [6.45, 7) is 7.97. The van der Waals surface area contributed by atoms with Gasteiger partial charge in [-0.15, -0.1) is 11.8 Å². The van der Waals surface area contributed by atoms with Crippen LogP contribution in [0.5, 0.6) is 0 Å². The van der Waals surface area contributed by atoms with Crippen molar-refractivity contribution in [3.8, 4) is 0 Å². The summed E-state index contributed by atoms with van der Waals surface area (Å²) >= 11 is 1.93. The Labute approximate surface area is 154 Å². The van der Waals surface area contributed by atoms with Crippen molar-refractivity contribution >= 4 is 27.7 Å². The average molecular weight is 354 g/mol. The SMILES string of the molecule is CC1(C)CC(N2CCCC2)=C/C(=N\CCc2c[nH]c3ccccc23)S1. The summed E-state index contributed by atoms with van der Waals surface area (Å²) in [6.07, 6.45) is 9.28. The molecule has 2 aromatic rings. The van der Waals surface area contributed by atoms with Crippen molar-refractivity contribution in [1.29, 1.82) is 0 Å². The van der Waals surface area contributed by atoms with Gasteiger partial charge in [0, 0.05) is 53.6 Å². The lowest BCUT2D eigenvalue weighted by molar-refractivity contribution is 0.396. The second-order valence-corrected chi connectivity index (χ2v) is 9.43. The summed E-state index contributed by atoms with van der Waals surface area (Å²) in [5, 5.41) is 2.53. The topological polar surface area (TPSA) is 31.4 Å². The first-order chi connectivity index (χ1) is 12.1. The number of aromatic amines is 1. The second kappa shape index (κ2) is 6.91. The zero-order valence-corrected chi connectivity index (χ0v) is 16.0. The summed E-state index contributed by atoms with van der Waals surface area (Å²) in [7, 11) is 0. The van der Waals surface area contributed by atoms with Gasteiger partial charge < -0.3 is 9.88 Å². The number of benzene rings is 1. The van der Waals surface area contributed by atoms with Crippen LogP contribution in [0.1, 0.15) is 38.7 Å². The zero-order valence-electron chi connectivity index (χ0n) is 15.2. The quantitative estimate of drug-likeness (QED) is 0.838. The molecule has 1 N–H and O–H groups in total. The molecule has 0 radical (unpaired) electrons. The van der Waals surface area contributed by atoms with E-state index in [2.05, 4.69) is 60.3 Å². The monoisotopic (exact) mass is 353 g/mol. The Kier molecular flexibility index (Phi) is 4.63. The number of H-pyrrole nitrogens is 1. The third-order valence-corrected chi connectivity index (χ3v) is 6.27. The summed E-state index contributed by atoms with van der Waals surface area (Å²) in [5.41, 5.74) is 4.07. The van der Waals surface area contributed by atoms with Crippen molar-refractivity contribution in [2.45, 2.75) is 44.3 Å². The minimum Gasteiger partial charge on any atom is -0.375 e. The van der Waals surface area contributed by atoms with Crippen molar-refractivity contribution in [2.75, 3.05) is 19.6 Å². The molecule has 0 atom stereocenters. The molecule has 3 heterocycles. The highest BCUT2D eigenvalue weighted by molar-refractivity contribution is 8.15. The Morgan fingerprint density at radius 2 is 2.00 bits per heavy atom. The number of hydrogen-bond acceptors (Lipinski definition) is 3. The largest absolute Gasteiger partial charge is 0.375 e. The first kappa shape index (κ1) is 16.8. The Morgan fingerprint density at radius 1 is 1.20 bits per heavy atom. The zero-order chi connectivity index (χ0) is 17.3. The minimum absolute atomic E-state index is 0.242. The van der Waals surface area contributed by atoms with Crippen LogP contribution in [0.15, 0.2) is 47.2 Å². The van der Waals surface area contributed by atoms with Crippen LogP contribution < -0.4 is 0 Å². The van der Waals surface area contributed by atoms with Crippen LogP contribution in [0, 0.1) is 0 Å². The van der Waals surface area contributed by atoms with Crippen LogP contribution >= 0.6 is 11.8 Å². The van der Waals surface area contributed by atoms with E-state index in [0.717, 1.165) is 19.4 Å². The van der Waals surface area contributed by atoms with E-state index >= 15 is 0 Å². The number of thioether (sulfide) groups is 1. The van der Waals surface area contributed by atoms with E-state index < -0.39 is 0 Å². The molecule has 1 saturated heterocycles. The number of para-hydroxylation sites is 1. The molecule has 2 aliphatic heterocycles. The van der Waals surface area contributed by atoms with Crippen molar-refractivity contribution in [3.05, 3.63) is 47.8 Å². The number of nitrogens with zero attached hydrogens (tertiary/aromatic N) is 2. The van der Waals surface area contributed by atoms with Crippen LogP contribution in [0.25, 0.3) is 10.9 Å². The van der Waals surface area contributed by atoms with E-state index in [-0.39, 0.29) is 4.75 Å². The average Bonchev–Trinajstić information content (AvgIpc) is 3.23. The molecule has 4 heteroatoms. The van der Waals surface area contributed by atoms with Crippen LogP contribution in [0.2, 0.25) is 0 Å². The number of allylic oxidation sites excluding steroid dienone is 1. The lowest BCUT2D eigenvalue weighted by Gasteiger charge is -2.34. The van der Waals surface area contributed by atoms with Gasteiger partial charge >= 0.3 is 0 Å². The molecule has 1 aromatic carbocycles. The Hall–Kier alpha value is -1.68. The number of likely N-dealkylation sites (tertiary alicyclic amines) is 1. The summed E-state index contributed by atoms with van der Waals surface area (Å²) in [6, 6.07) is 8.51. The second-order valence-electron chi connectivity index (χ2n) is 7.70. The maximum atomic E-state index is 4.94. The molecule has 1 aromatic heterocycles. The van der Waals surface area contributed by atoms with Gasteiger partial charge in [-0.05, 0) is 50.8 Å². The number of hydrogen-bond donors (Lipinski definition) is 1. The maximum Gasteiger partial charge on any atom is 0.0927 e. The molecular formula is C21H27N3S. The number of rotatable bonds is 4. The van der Waals surface area contributed by atoms with Crippen LogP contribution in [0.3, 0.4) is 0 Å². The van der Waals surface area contributed by atoms with Crippen LogP contribution in [0.4, 0.5) is 0 Å². The first-order valence-corrected chi connectivity index (χ1v) is 10.2. The normalized spacial score (nSPS) is 21.9. The predicted molar refractivity (Wildman–Crippen MR) is 109 cm³/mol. The highest BCUT2D eigenvalue weighted by atomic mass is 32.2. The van der Waals surface area contributed by atoms with E-state index in [4.69, 9.17) is 4.99 Å². The molecule has 4 rings (SSSR count). The Bertz CT molecular complexity index is 809. The Balaban J connectivity index is 1.48. The fraction of sp³-hybridized carbons (Fsp3) is 0.476. The van der Waals surface area contributed by atoms with Crippen molar-refractivity contribution in [2.24, 2.45) is 4.99 Å². The van der Waals surface area contributed by atoms with Crippen molar-refractivity contribution < 1.29 is 0 Å². The molecule has 0 saturated carbocycles. The first-order valence-electron chi connectivity index (χ1n) is 9.35. The van der Waals surface area contributed by atoms with Gasteiger partial charge in [-0.1, -0.05) is 18.2 Å². The number of aromatic nitrogens is 1. The number of nitrogens with one attached hydrogen (secondary N) is 1. The minimum atomic E-state index is 0.242. The fourth-order valence-electron chi connectivity index (χ4n) is 3.89. The summed E-state index contributed by atoms with van der Waals surface area (Å²) < 4.78 is 0.242. The van der Waals surface area contributed by atoms with Crippen molar-refractivity contribution in [3.63, 3.8) is 0 Å². The predicted octanol–water partition coefficient (Wildman–Crippen LogP) is 5.00. The van der Waals surface area contributed by atoms with Gasteiger partial charge in [-0.2, -0.15) is 0 Å². The molecule has 1 fully saturated rings. The van der Waals surface area contributed by atoms with Gasteiger partial charge in [0.15, 0.2) is 0 Å². The molecule has 0 aliphatic carbocycles. The van der Waals surface area contributed by atoms with Gasteiger partial charge in [0.25, 0.3) is 0 Å². The van der Waals surface area contributed by atoms with Crippen LogP contribution in [-0.4, -0.2) is 39.3 Å². The highest BCUT2D eigenvalue weighted by Gasteiger charge is 2.30. The van der Waals surface area contributed by atoms with Gasteiger partial charge in [0.05, 0.1) is 5.04 Å². The molecule has 0 bridgehead atoms. The molecule has 0 spiro atoms. The Morgan fingerprint density at radius 3 is 2.84 bits per heavy atom. The van der Waals surface area contributed by atoms with Gasteiger partial charge in [-0.3, -0.25) is 4.99 Å². The lowest BCUT2D eigenvalue weighted by atomic mass is 10.1. The van der Waals surface area contributed by atoms with E-state index in [1.165, 1.54) is 53.1 Å². The number of aliphatic imine (C=N–C) groups is 1. The molecule has 2 aliphatic rings. The molecular weight excluding hydrogens is 326 g/mol. The summed E-state index contributed by atoms with van der Waals surface area (Å²) in [5.74, 6) is 0. The third-order valence-electron chi connectivity index (χ3n) is 5.11. The smallest absolute Gasteiger partial charge is 0.0927 e. The van der Waals surface area contributed by atoms with E-state index in [1.807, 2.05) is 11.8 Å². The lowest BCUT2D eigenvalue weighted by Crippen LogP contribution is -2.30. The van der Waals surface area contributed by atoms with Gasteiger partial charge in [-0.25, -0.2) is 0 Å². The molecule has 0 unspecified atom stereocenters. The van der Waals surface area contributed by atoms with Gasteiger partial charge in [0.1, 0.15) is 0 Å². The molecule has 25 heavy (non-hydrogen) atoms. The molecule has 3 nitrogen and oxygen atoms in total. The van der Waals surface area contributed by atoms with E-state index in [9.17, 15) is 0 Å². The third kappa shape index (κ3) is 3.79. The van der Waals surface area contributed by atoms with E-state index in [1.54, 1.807) is 0 Å². The highest BCUT2D eigenvalue weighted by Crippen LogP contribution is 2.39. The maximum absolute atomic E-state index is 4.94. The van der Waals surface area contributed by atoms with E-state index in [0.29, 0.717) is 0 Å². The van der Waals surface area contributed by atoms with Gasteiger partial charge in [0.2, 0.25) is 0 Å². The molecule has 0 amide bonds. The number of fused-ring (bicyclic) bond motifs is 1. The fourth-order valence-corrected chi connectivity index (χ4v) is 5.03. The van der Waals surface area contributed by atoms with Crippen LogP contribution in [-0.2, 0) is 6.42 Å².